The molecule has 1 rings (SSSR count). The van der Waals surface area contributed by atoms with Crippen molar-refractivity contribution in [1.82, 2.24) is 9.71 Å². The van der Waals surface area contributed by atoms with Crippen molar-refractivity contribution >= 4 is 10.0 Å². The van der Waals surface area contributed by atoms with Crippen LogP contribution in [0.5, 0.6) is 0 Å². The van der Waals surface area contributed by atoms with Crippen LogP contribution in [-0.4, -0.2) is 19.4 Å². The van der Waals surface area contributed by atoms with Crippen molar-refractivity contribution in [2.24, 2.45) is 0 Å². The maximum absolute atomic E-state index is 11.9. The van der Waals surface area contributed by atoms with E-state index < -0.39 is 10.0 Å². The summed E-state index contributed by atoms with van der Waals surface area (Å²) in [5.74, 6) is 2.45. The van der Waals surface area contributed by atoms with E-state index in [1.54, 1.807) is 6.07 Å². The van der Waals surface area contributed by atoms with Crippen molar-refractivity contribution in [3.63, 3.8) is 0 Å². The summed E-state index contributed by atoms with van der Waals surface area (Å²) < 4.78 is 26.3. The predicted molar refractivity (Wildman–Crippen MR) is 62.1 cm³/mol. The third kappa shape index (κ3) is 3.33. The van der Waals surface area contributed by atoms with Crippen LogP contribution in [0.2, 0.25) is 0 Å². The number of nitrogens with one attached hydrogen (secondary N) is 1. The SMILES string of the molecule is C#CCC(CC)NS(=O)(=O)c1cccnc1. The molecule has 0 radical (unpaired) electrons. The molecule has 0 amide bonds. The molecular formula is C11H14N2O2S. The van der Waals surface area contributed by atoms with Gasteiger partial charge in [-0.05, 0) is 18.6 Å². The molecule has 0 saturated heterocycles. The van der Waals surface area contributed by atoms with Gasteiger partial charge in [0.25, 0.3) is 0 Å². The van der Waals surface area contributed by atoms with Gasteiger partial charge in [-0.15, -0.1) is 12.3 Å². The molecule has 1 heterocycles. The summed E-state index contributed by atoms with van der Waals surface area (Å²) in [6.07, 6.45) is 9.04. The first-order chi connectivity index (χ1) is 7.60. The van der Waals surface area contributed by atoms with E-state index in [9.17, 15) is 8.42 Å². The minimum Gasteiger partial charge on any atom is -0.263 e. The number of terminal acetylenes is 1. The first-order valence-electron chi connectivity index (χ1n) is 4.96. The van der Waals surface area contributed by atoms with Gasteiger partial charge in [0.05, 0.1) is 0 Å². The van der Waals surface area contributed by atoms with Crippen LogP contribution in [-0.2, 0) is 10.0 Å². The van der Waals surface area contributed by atoms with Gasteiger partial charge in [-0.25, -0.2) is 13.1 Å². The highest BCUT2D eigenvalue weighted by Crippen LogP contribution is 2.08. The van der Waals surface area contributed by atoms with Gasteiger partial charge < -0.3 is 0 Å². The summed E-state index contributed by atoms with van der Waals surface area (Å²) in [4.78, 5) is 3.93. The van der Waals surface area contributed by atoms with Gasteiger partial charge in [-0.3, -0.25) is 4.98 Å². The Balaban J connectivity index is 2.84. The number of sulfonamides is 1. The molecule has 1 aromatic rings. The van der Waals surface area contributed by atoms with E-state index in [4.69, 9.17) is 6.42 Å². The lowest BCUT2D eigenvalue weighted by molar-refractivity contribution is 0.543. The lowest BCUT2D eigenvalue weighted by Crippen LogP contribution is -2.34. The van der Waals surface area contributed by atoms with E-state index in [2.05, 4.69) is 15.6 Å². The Morgan fingerprint density at radius 2 is 2.38 bits per heavy atom. The maximum Gasteiger partial charge on any atom is 0.242 e. The lowest BCUT2D eigenvalue weighted by atomic mass is 10.2. The van der Waals surface area contributed by atoms with E-state index in [1.165, 1.54) is 18.5 Å². The molecule has 16 heavy (non-hydrogen) atoms. The van der Waals surface area contributed by atoms with Gasteiger partial charge >= 0.3 is 0 Å². The maximum atomic E-state index is 11.9. The quantitative estimate of drug-likeness (QED) is 0.783. The van der Waals surface area contributed by atoms with Gasteiger partial charge in [-0.2, -0.15) is 0 Å². The molecule has 1 unspecified atom stereocenters. The topological polar surface area (TPSA) is 59.1 Å². The molecule has 5 heteroatoms. The Hall–Kier alpha value is -1.38. The zero-order valence-corrected chi connectivity index (χ0v) is 9.87. The van der Waals surface area contributed by atoms with Gasteiger partial charge in [0, 0.05) is 24.9 Å². The molecule has 1 atom stereocenters. The molecule has 0 aliphatic heterocycles. The fraction of sp³-hybridized carbons (Fsp3) is 0.364. The van der Waals surface area contributed by atoms with Gasteiger partial charge in [-0.1, -0.05) is 6.92 Å². The average molecular weight is 238 g/mol. The Labute approximate surface area is 96.2 Å². The van der Waals surface area contributed by atoms with Crippen molar-refractivity contribution in [1.29, 1.82) is 0 Å². The first-order valence-corrected chi connectivity index (χ1v) is 6.44. The summed E-state index contributed by atoms with van der Waals surface area (Å²) in [6, 6.07) is 2.85. The summed E-state index contributed by atoms with van der Waals surface area (Å²) in [5.41, 5.74) is 0. The highest BCUT2D eigenvalue weighted by molar-refractivity contribution is 7.89. The van der Waals surface area contributed by atoms with Crippen LogP contribution in [0.15, 0.2) is 29.4 Å². The average Bonchev–Trinajstić information content (AvgIpc) is 2.29. The lowest BCUT2D eigenvalue weighted by Gasteiger charge is -2.14. The molecule has 86 valence electrons. The molecule has 1 N–H and O–H groups in total. The van der Waals surface area contributed by atoms with Crippen LogP contribution in [0.25, 0.3) is 0 Å². The Kier molecular flexibility index (Phi) is 4.47. The first kappa shape index (κ1) is 12.7. The number of nitrogens with zero attached hydrogens (tertiary/aromatic N) is 1. The number of pyridine rings is 1. The molecule has 1 aromatic heterocycles. The molecule has 0 fully saturated rings. The second-order valence-corrected chi connectivity index (χ2v) is 5.04. The number of hydrogen-bond donors (Lipinski definition) is 1. The zero-order valence-electron chi connectivity index (χ0n) is 9.05. The van der Waals surface area contributed by atoms with Crippen LogP contribution in [0.4, 0.5) is 0 Å². The number of rotatable bonds is 5. The van der Waals surface area contributed by atoms with Crippen LogP contribution in [0.1, 0.15) is 19.8 Å². The normalized spacial score (nSPS) is 13.0. The Morgan fingerprint density at radius 3 is 2.88 bits per heavy atom. The second kappa shape index (κ2) is 5.64. The summed E-state index contributed by atoms with van der Waals surface area (Å²) in [7, 11) is -3.50. The van der Waals surface area contributed by atoms with Gasteiger partial charge in [0.1, 0.15) is 4.90 Å². The molecule has 0 aliphatic rings. The predicted octanol–water partition coefficient (Wildman–Crippen LogP) is 1.16. The van der Waals surface area contributed by atoms with E-state index in [1.807, 2.05) is 6.92 Å². The van der Waals surface area contributed by atoms with E-state index in [0.29, 0.717) is 12.8 Å². The van der Waals surface area contributed by atoms with Crippen molar-refractivity contribution in [2.75, 3.05) is 0 Å². The fourth-order valence-corrected chi connectivity index (χ4v) is 2.49. The van der Waals surface area contributed by atoms with Crippen molar-refractivity contribution in [3.05, 3.63) is 24.5 Å². The molecule has 4 nitrogen and oxygen atoms in total. The standard InChI is InChI=1S/C11H14N2O2S/c1-3-6-10(4-2)13-16(14,15)11-7-5-8-12-9-11/h1,5,7-10,13H,4,6H2,2H3. The highest BCUT2D eigenvalue weighted by atomic mass is 32.2. The number of hydrogen-bond acceptors (Lipinski definition) is 3. The number of aromatic nitrogens is 1. The second-order valence-electron chi connectivity index (χ2n) is 3.32. The van der Waals surface area contributed by atoms with E-state index in [-0.39, 0.29) is 10.9 Å². The molecule has 0 aliphatic carbocycles. The van der Waals surface area contributed by atoms with Gasteiger partial charge in [0.2, 0.25) is 10.0 Å². The minimum absolute atomic E-state index is 0.158. The van der Waals surface area contributed by atoms with Crippen LogP contribution >= 0.6 is 0 Å². The molecule has 0 aromatic carbocycles. The summed E-state index contributed by atoms with van der Waals surface area (Å²) in [6.45, 7) is 1.88. The van der Waals surface area contributed by atoms with E-state index >= 15 is 0 Å². The molecule has 0 bridgehead atoms. The fourth-order valence-electron chi connectivity index (χ4n) is 1.21. The van der Waals surface area contributed by atoms with Crippen molar-refractivity contribution in [2.45, 2.75) is 30.7 Å². The minimum atomic E-state index is -3.50. The van der Waals surface area contributed by atoms with Gasteiger partial charge in [0.15, 0.2) is 0 Å². The summed E-state index contributed by atoms with van der Waals surface area (Å²) in [5, 5.41) is 0. The monoisotopic (exact) mass is 238 g/mol. The van der Waals surface area contributed by atoms with Crippen molar-refractivity contribution < 1.29 is 8.42 Å². The molecular weight excluding hydrogens is 224 g/mol. The zero-order chi connectivity index (χ0) is 12.0. The highest BCUT2D eigenvalue weighted by Gasteiger charge is 2.18. The Morgan fingerprint density at radius 1 is 1.62 bits per heavy atom. The largest absolute Gasteiger partial charge is 0.263 e. The van der Waals surface area contributed by atoms with E-state index in [0.717, 1.165) is 0 Å². The van der Waals surface area contributed by atoms with Crippen LogP contribution in [0, 0.1) is 12.3 Å². The summed E-state index contributed by atoms with van der Waals surface area (Å²) >= 11 is 0. The smallest absolute Gasteiger partial charge is 0.242 e. The Bertz CT molecular complexity index is 463. The third-order valence-electron chi connectivity index (χ3n) is 2.12. The van der Waals surface area contributed by atoms with Crippen LogP contribution < -0.4 is 4.72 Å². The molecule has 0 spiro atoms. The third-order valence-corrected chi connectivity index (χ3v) is 3.63. The molecule has 0 saturated carbocycles. The van der Waals surface area contributed by atoms with Crippen molar-refractivity contribution in [3.8, 4) is 12.3 Å². The van der Waals surface area contributed by atoms with Crippen LogP contribution in [0.3, 0.4) is 0 Å².